The van der Waals surface area contributed by atoms with E-state index >= 15 is 0 Å². The lowest BCUT2D eigenvalue weighted by molar-refractivity contribution is 0.0950. The summed E-state index contributed by atoms with van der Waals surface area (Å²) in [5, 5.41) is 5.91. The fourth-order valence-corrected chi connectivity index (χ4v) is 4.24. The van der Waals surface area contributed by atoms with Gasteiger partial charge in [-0.15, -0.1) is 11.3 Å². The van der Waals surface area contributed by atoms with Gasteiger partial charge in [0.1, 0.15) is 10.8 Å². The van der Waals surface area contributed by atoms with Crippen molar-refractivity contribution in [1.29, 1.82) is 0 Å². The summed E-state index contributed by atoms with van der Waals surface area (Å²) in [4.78, 5) is 17.2. The van der Waals surface area contributed by atoms with Crippen LogP contribution in [0.1, 0.15) is 15.9 Å². The van der Waals surface area contributed by atoms with E-state index < -0.39 is 0 Å². The van der Waals surface area contributed by atoms with Crippen LogP contribution in [0, 0.1) is 0 Å². The number of hydrogen-bond donors (Lipinski definition) is 1. The first-order valence-corrected chi connectivity index (χ1v) is 10.9. The summed E-state index contributed by atoms with van der Waals surface area (Å²) < 4.78 is 16.0. The average molecular weight is 445 g/mol. The van der Waals surface area contributed by atoms with Crippen molar-refractivity contribution >= 4 is 17.2 Å². The molecule has 0 radical (unpaired) electrons. The second kappa shape index (κ2) is 8.72. The van der Waals surface area contributed by atoms with Gasteiger partial charge in [-0.2, -0.15) is 0 Å². The van der Waals surface area contributed by atoms with Crippen LogP contribution in [0.2, 0.25) is 0 Å². The predicted molar refractivity (Wildman–Crippen MR) is 123 cm³/mol. The lowest BCUT2D eigenvalue weighted by Gasteiger charge is -2.07. The second-order valence-corrected chi connectivity index (χ2v) is 8.08. The smallest absolute Gasteiger partial charge is 0.251 e. The highest BCUT2D eigenvalue weighted by Gasteiger charge is 2.15. The maximum Gasteiger partial charge on any atom is 0.251 e. The highest BCUT2D eigenvalue weighted by molar-refractivity contribution is 7.13. The number of fused-ring (bicyclic) bond motifs is 1. The fourth-order valence-electron chi connectivity index (χ4n) is 3.41. The molecule has 0 spiro atoms. The molecular formula is C25H20N2O4S. The molecule has 2 heterocycles. The molecule has 1 amide bonds. The van der Waals surface area contributed by atoms with Crippen molar-refractivity contribution in [1.82, 2.24) is 10.3 Å². The summed E-state index contributed by atoms with van der Waals surface area (Å²) in [6.45, 7) is 0.698. The van der Waals surface area contributed by atoms with Crippen molar-refractivity contribution in [3.63, 3.8) is 0 Å². The molecule has 0 bridgehead atoms. The van der Waals surface area contributed by atoms with Gasteiger partial charge in [-0.25, -0.2) is 4.98 Å². The number of aromatic nitrogens is 1. The third-order valence-corrected chi connectivity index (χ3v) is 6.05. The minimum atomic E-state index is -0.138. The van der Waals surface area contributed by atoms with Gasteiger partial charge in [0.05, 0.1) is 12.8 Å². The number of nitrogens with one attached hydrogen (secondary N) is 1. The molecule has 0 unspecified atom stereocenters. The lowest BCUT2D eigenvalue weighted by atomic mass is 10.1. The zero-order chi connectivity index (χ0) is 21.9. The van der Waals surface area contributed by atoms with Gasteiger partial charge in [0.15, 0.2) is 11.5 Å². The van der Waals surface area contributed by atoms with Crippen molar-refractivity contribution in [3.05, 3.63) is 83.2 Å². The summed E-state index contributed by atoms with van der Waals surface area (Å²) in [7, 11) is 1.58. The summed E-state index contributed by atoms with van der Waals surface area (Å²) in [6, 6.07) is 21.0. The molecule has 0 aliphatic carbocycles. The Morgan fingerprint density at radius 1 is 1.03 bits per heavy atom. The van der Waals surface area contributed by atoms with E-state index in [1.165, 1.54) is 0 Å². The zero-order valence-corrected chi connectivity index (χ0v) is 18.1. The van der Waals surface area contributed by atoms with Crippen LogP contribution in [0.25, 0.3) is 21.8 Å². The van der Waals surface area contributed by atoms with E-state index in [4.69, 9.17) is 19.2 Å². The molecule has 6 nitrogen and oxygen atoms in total. The van der Waals surface area contributed by atoms with Crippen LogP contribution in [0.4, 0.5) is 0 Å². The number of thiazole rings is 1. The van der Waals surface area contributed by atoms with Gasteiger partial charge in [-0.05, 0) is 42.0 Å². The quantitative estimate of drug-likeness (QED) is 0.446. The minimum Gasteiger partial charge on any atom is -0.497 e. The van der Waals surface area contributed by atoms with E-state index in [-0.39, 0.29) is 12.7 Å². The molecule has 160 valence electrons. The molecule has 32 heavy (non-hydrogen) atoms. The summed E-state index contributed by atoms with van der Waals surface area (Å²) >= 11 is 1.59. The lowest BCUT2D eigenvalue weighted by Crippen LogP contribution is -2.22. The molecule has 1 aromatic heterocycles. The van der Waals surface area contributed by atoms with Crippen molar-refractivity contribution < 1.29 is 19.0 Å². The Morgan fingerprint density at radius 3 is 2.69 bits per heavy atom. The molecule has 3 aromatic carbocycles. The summed E-state index contributed by atoms with van der Waals surface area (Å²) in [6.07, 6.45) is 0. The number of hydrogen-bond acceptors (Lipinski definition) is 6. The number of carbonyl (C=O) groups excluding carboxylic acids is 1. The number of benzene rings is 3. The van der Waals surface area contributed by atoms with Crippen molar-refractivity contribution in [2.45, 2.75) is 6.54 Å². The van der Waals surface area contributed by atoms with Gasteiger partial charge in [0, 0.05) is 28.6 Å². The summed E-state index contributed by atoms with van der Waals surface area (Å²) in [5.74, 6) is 2.03. The van der Waals surface area contributed by atoms with Crippen LogP contribution in [0.15, 0.2) is 72.1 Å². The molecular weight excluding hydrogens is 424 g/mol. The number of nitrogens with zero attached hydrogens (tertiary/aromatic N) is 1. The second-order valence-electron chi connectivity index (χ2n) is 7.22. The Bertz CT molecular complexity index is 1270. The Labute approximate surface area is 189 Å². The number of carbonyl (C=O) groups is 1. The van der Waals surface area contributed by atoms with Crippen molar-refractivity contribution in [3.8, 4) is 39.1 Å². The fraction of sp³-hybridized carbons (Fsp3) is 0.120. The molecule has 0 saturated heterocycles. The predicted octanol–water partition coefficient (Wildman–Crippen LogP) is 5.14. The van der Waals surface area contributed by atoms with Crippen LogP contribution >= 0.6 is 11.3 Å². The third-order valence-electron chi connectivity index (χ3n) is 5.16. The van der Waals surface area contributed by atoms with E-state index in [2.05, 4.69) is 5.32 Å². The van der Waals surface area contributed by atoms with E-state index in [9.17, 15) is 4.79 Å². The largest absolute Gasteiger partial charge is 0.497 e. The number of rotatable bonds is 6. The highest BCUT2D eigenvalue weighted by atomic mass is 32.1. The molecule has 1 aliphatic rings. The number of amides is 1. The Hall–Kier alpha value is -3.84. The molecule has 0 saturated carbocycles. The molecule has 0 atom stereocenters. The first-order valence-electron chi connectivity index (χ1n) is 10.1. The van der Waals surface area contributed by atoms with Crippen LogP contribution in [-0.4, -0.2) is 24.8 Å². The number of methoxy groups -OCH3 is 1. The first-order chi connectivity index (χ1) is 15.7. The first kappa shape index (κ1) is 20.1. The van der Waals surface area contributed by atoms with E-state index in [1.807, 2.05) is 53.9 Å². The molecule has 7 heteroatoms. The monoisotopic (exact) mass is 444 g/mol. The highest BCUT2D eigenvalue weighted by Crippen LogP contribution is 2.37. The van der Waals surface area contributed by atoms with Gasteiger partial charge in [-0.3, -0.25) is 4.79 Å². The Balaban J connectivity index is 1.24. The summed E-state index contributed by atoms with van der Waals surface area (Å²) in [5.41, 5.74) is 4.51. The third kappa shape index (κ3) is 4.15. The molecule has 1 N–H and O–H groups in total. The van der Waals surface area contributed by atoms with Crippen LogP contribution in [-0.2, 0) is 6.54 Å². The van der Waals surface area contributed by atoms with Gasteiger partial charge >= 0.3 is 0 Å². The van der Waals surface area contributed by atoms with Gasteiger partial charge in [-0.1, -0.05) is 30.3 Å². The van der Waals surface area contributed by atoms with Crippen molar-refractivity contribution in [2.24, 2.45) is 0 Å². The van der Waals surface area contributed by atoms with E-state index in [0.29, 0.717) is 17.9 Å². The van der Waals surface area contributed by atoms with Crippen LogP contribution in [0.5, 0.6) is 17.2 Å². The van der Waals surface area contributed by atoms with Gasteiger partial charge in [0.25, 0.3) is 5.91 Å². The molecule has 4 aromatic rings. The van der Waals surface area contributed by atoms with Crippen molar-refractivity contribution in [2.75, 3.05) is 13.9 Å². The zero-order valence-electron chi connectivity index (χ0n) is 17.3. The Kier molecular flexibility index (Phi) is 5.47. The standard InChI is InChI=1S/C25H20N2O4S/c1-29-20-4-2-3-19(11-20)24(28)26-13-16-5-7-17(8-6-16)25-27-21(14-32-25)18-9-10-22-23(12-18)31-15-30-22/h2-12,14H,13,15H2,1H3,(H,26,28). The molecule has 5 rings (SSSR count). The SMILES string of the molecule is COc1cccc(C(=O)NCc2ccc(-c3nc(-c4ccc5c(c4)OCO5)cs3)cc2)c1. The maximum absolute atomic E-state index is 12.4. The van der Waals surface area contributed by atoms with E-state index in [0.717, 1.165) is 38.9 Å². The van der Waals surface area contributed by atoms with E-state index in [1.54, 1.807) is 36.6 Å². The molecule has 0 fully saturated rings. The van der Waals surface area contributed by atoms with Gasteiger partial charge in [0.2, 0.25) is 6.79 Å². The topological polar surface area (TPSA) is 69.7 Å². The van der Waals surface area contributed by atoms with Crippen LogP contribution in [0.3, 0.4) is 0 Å². The molecule has 1 aliphatic heterocycles. The Morgan fingerprint density at radius 2 is 1.84 bits per heavy atom. The van der Waals surface area contributed by atoms with Crippen LogP contribution < -0.4 is 19.5 Å². The minimum absolute atomic E-state index is 0.138. The number of ether oxygens (including phenoxy) is 3. The van der Waals surface area contributed by atoms with Gasteiger partial charge < -0.3 is 19.5 Å². The maximum atomic E-state index is 12.4. The average Bonchev–Trinajstić information content (AvgIpc) is 3.52. The normalized spacial score (nSPS) is 11.9.